The third-order valence-electron chi connectivity index (χ3n) is 2.02. The van der Waals surface area contributed by atoms with Crippen LogP contribution in [0.3, 0.4) is 0 Å². The highest BCUT2D eigenvalue weighted by Crippen LogP contribution is 1.99. The van der Waals surface area contributed by atoms with E-state index >= 15 is 0 Å². The number of hydrogen-bond donors (Lipinski definition) is 2. The number of aromatic amines is 2. The molecule has 17 heavy (non-hydrogen) atoms. The lowest BCUT2D eigenvalue weighted by atomic mass is 10.2. The minimum absolute atomic E-state index is 0.598. The summed E-state index contributed by atoms with van der Waals surface area (Å²) in [7, 11) is 0. The van der Waals surface area contributed by atoms with Crippen molar-refractivity contribution in [1.82, 2.24) is 14.9 Å². The Balaban J connectivity index is 2.11. The molecule has 0 spiro atoms. The maximum atomic E-state index is 11.0. The van der Waals surface area contributed by atoms with Crippen LogP contribution in [0.2, 0.25) is 0 Å². The lowest BCUT2D eigenvalue weighted by Crippen LogP contribution is -2.22. The first-order valence-electron chi connectivity index (χ1n) is 4.93. The summed E-state index contributed by atoms with van der Waals surface area (Å²) in [5.74, 6) is 0. The Morgan fingerprint density at radius 1 is 1.06 bits per heavy atom. The van der Waals surface area contributed by atoms with E-state index in [0.717, 1.165) is 5.56 Å². The fourth-order valence-electron chi connectivity index (χ4n) is 1.23. The smallest absolute Gasteiger partial charge is 0.246 e. The number of nitrogens with one attached hydrogen (secondary N) is 2. The largest absolute Gasteiger partial charge is 0.365 e. The summed E-state index contributed by atoms with van der Waals surface area (Å²) < 4.78 is 0.704. The number of H-pyrrole nitrogens is 2. The second-order valence-corrected chi connectivity index (χ2v) is 3.21. The summed E-state index contributed by atoms with van der Waals surface area (Å²) in [6, 6.07) is 9.61. The highest BCUT2D eigenvalue weighted by Gasteiger charge is 1.96. The molecule has 2 aromatic rings. The Morgan fingerprint density at radius 3 is 2.35 bits per heavy atom. The van der Waals surface area contributed by atoms with Crippen molar-refractivity contribution in [2.24, 2.45) is 5.10 Å². The maximum absolute atomic E-state index is 11.0. The number of allylic oxidation sites excluding steroid dienone is 1. The maximum Gasteiger partial charge on any atom is 0.365 e. The summed E-state index contributed by atoms with van der Waals surface area (Å²) in [5, 5.41) is 7.95. The summed E-state index contributed by atoms with van der Waals surface area (Å²) in [6.45, 7) is 0. The van der Waals surface area contributed by atoms with Crippen molar-refractivity contribution in [1.29, 1.82) is 0 Å². The minimum Gasteiger partial charge on any atom is -0.246 e. The number of rotatable bonds is 3. The molecule has 6 nitrogen and oxygen atoms in total. The van der Waals surface area contributed by atoms with E-state index in [2.05, 4.69) is 15.3 Å². The topological polar surface area (TPSA) is 83.0 Å². The molecule has 0 atom stereocenters. The summed E-state index contributed by atoms with van der Waals surface area (Å²) in [6.07, 6.45) is 4.83. The molecule has 0 amide bonds. The van der Waals surface area contributed by atoms with Crippen LogP contribution in [0, 0.1) is 0 Å². The number of hydrogen-bond acceptors (Lipinski definition) is 3. The van der Waals surface area contributed by atoms with Gasteiger partial charge in [0.15, 0.2) is 0 Å². The second-order valence-electron chi connectivity index (χ2n) is 3.21. The van der Waals surface area contributed by atoms with Crippen molar-refractivity contribution in [3.05, 3.63) is 62.9 Å². The molecule has 6 heteroatoms. The fourth-order valence-corrected chi connectivity index (χ4v) is 1.23. The molecule has 0 aliphatic heterocycles. The van der Waals surface area contributed by atoms with E-state index in [4.69, 9.17) is 0 Å². The van der Waals surface area contributed by atoms with E-state index in [1.165, 1.54) is 6.21 Å². The van der Waals surface area contributed by atoms with E-state index in [0.29, 0.717) is 4.68 Å². The number of aromatic nitrogens is 3. The number of benzene rings is 1. The van der Waals surface area contributed by atoms with Crippen molar-refractivity contribution in [3.63, 3.8) is 0 Å². The van der Waals surface area contributed by atoms with Gasteiger partial charge in [-0.15, -0.1) is 4.68 Å². The first-order valence-corrected chi connectivity index (χ1v) is 4.93. The Morgan fingerprint density at radius 2 is 1.71 bits per heavy atom. The van der Waals surface area contributed by atoms with Crippen molar-refractivity contribution in [2.45, 2.75) is 0 Å². The Labute approximate surface area is 95.9 Å². The highest BCUT2D eigenvalue weighted by atomic mass is 16.2. The van der Waals surface area contributed by atoms with E-state index in [1.54, 1.807) is 6.08 Å². The molecule has 0 fully saturated rings. The standard InChI is InChI=1S/C11H10N4O2/c16-10-13-14-11(17)15(10)12-8-4-7-9-5-2-1-3-6-9/h1-8H,(H,13,16)(H,14,17). The van der Waals surface area contributed by atoms with Gasteiger partial charge in [-0.05, 0) is 11.6 Å². The summed E-state index contributed by atoms with van der Waals surface area (Å²) in [4.78, 5) is 22.1. The fraction of sp³-hybridized carbons (Fsp3) is 0. The van der Waals surface area contributed by atoms with Gasteiger partial charge in [0, 0.05) is 6.21 Å². The van der Waals surface area contributed by atoms with E-state index in [9.17, 15) is 9.59 Å². The lowest BCUT2D eigenvalue weighted by Gasteiger charge is -1.88. The minimum atomic E-state index is -0.598. The molecular weight excluding hydrogens is 220 g/mol. The third-order valence-corrected chi connectivity index (χ3v) is 2.02. The van der Waals surface area contributed by atoms with Gasteiger partial charge in [0.1, 0.15) is 0 Å². The highest BCUT2D eigenvalue weighted by molar-refractivity contribution is 5.78. The van der Waals surface area contributed by atoms with Crippen LogP contribution in [0.15, 0.2) is 51.1 Å². The molecule has 0 aliphatic rings. The van der Waals surface area contributed by atoms with Crippen LogP contribution < -0.4 is 11.4 Å². The molecule has 1 heterocycles. The van der Waals surface area contributed by atoms with Gasteiger partial charge in [0.25, 0.3) is 0 Å². The van der Waals surface area contributed by atoms with E-state index in [-0.39, 0.29) is 0 Å². The predicted octanol–water partition coefficient (Wildman–Crippen LogP) is 0.412. The van der Waals surface area contributed by atoms with Crippen LogP contribution in [0.1, 0.15) is 5.56 Å². The SMILES string of the molecule is O=c1[nH][nH]c(=O)n1N=CC=Cc1ccccc1. The second kappa shape index (κ2) is 4.93. The summed E-state index contributed by atoms with van der Waals surface area (Å²) >= 11 is 0. The number of nitrogens with zero attached hydrogens (tertiary/aromatic N) is 2. The van der Waals surface area contributed by atoms with Gasteiger partial charge in [-0.25, -0.2) is 19.8 Å². The molecule has 0 saturated carbocycles. The van der Waals surface area contributed by atoms with Gasteiger partial charge >= 0.3 is 11.4 Å². The predicted molar refractivity (Wildman–Crippen MR) is 65.0 cm³/mol. The zero-order valence-electron chi connectivity index (χ0n) is 8.83. The van der Waals surface area contributed by atoms with Crippen LogP contribution in [0.5, 0.6) is 0 Å². The van der Waals surface area contributed by atoms with Crippen molar-refractivity contribution in [3.8, 4) is 0 Å². The van der Waals surface area contributed by atoms with Crippen LogP contribution in [0.4, 0.5) is 0 Å². The first kappa shape index (κ1) is 10.9. The molecule has 0 aliphatic carbocycles. The third kappa shape index (κ3) is 2.69. The Bertz CT molecular complexity index is 618. The van der Waals surface area contributed by atoms with Gasteiger partial charge in [0.05, 0.1) is 0 Å². The van der Waals surface area contributed by atoms with E-state index in [1.807, 2.05) is 36.4 Å². The molecular formula is C11H10N4O2. The Kier molecular flexibility index (Phi) is 3.15. The zero-order chi connectivity index (χ0) is 12.1. The normalized spacial score (nSPS) is 11.5. The van der Waals surface area contributed by atoms with Gasteiger partial charge in [0.2, 0.25) is 0 Å². The van der Waals surface area contributed by atoms with Gasteiger partial charge in [-0.2, -0.15) is 5.10 Å². The zero-order valence-corrected chi connectivity index (χ0v) is 8.83. The van der Waals surface area contributed by atoms with Crippen molar-refractivity contribution >= 4 is 12.3 Å². The quantitative estimate of drug-likeness (QED) is 0.749. The lowest BCUT2D eigenvalue weighted by molar-refractivity contribution is 0.802. The van der Waals surface area contributed by atoms with Gasteiger partial charge in [-0.1, -0.05) is 36.4 Å². The molecule has 2 N–H and O–H groups in total. The molecule has 0 unspecified atom stereocenters. The van der Waals surface area contributed by atoms with Crippen molar-refractivity contribution < 1.29 is 0 Å². The molecule has 86 valence electrons. The Hall–Kier alpha value is -2.63. The molecule has 0 saturated heterocycles. The summed E-state index contributed by atoms with van der Waals surface area (Å²) in [5.41, 5.74) is -0.187. The van der Waals surface area contributed by atoms with Crippen LogP contribution in [-0.4, -0.2) is 21.1 Å². The molecule has 0 bridgehead atoms. The molecule has 2 rings (SSSR count). The average Bonchev–Trinajstić information content (AvgIpc) is 2.67. The molecule has 1 aromatic heterocycles. The van der Waals surface area contributed by atoms with Crippen molar-refractivity contribution in [2.75, 3.05) is 0 Å². The molecule has 0 radical (unpaired) electrons. The van der Waals surface area contributed by atoms with Crippen LogP contribution in [-0.2, 0) is 0 Å². The molecule has 1 aromatic carbocycles. The van der Waals surface area contributed by atoms with Crippen LogP contribution >= 0.6 is 0 Å². The van der Waals surface area contributed by atoms with Gasteiger partial charge in [-0.3, -0.25) is 0 Å². The average molecular weight is 230 g/mol. The van der Waals surface area contributed by atoms with E-state index < -0.39 is 11.4 Å². The monoisotopic (exact) mass is 230 g/mol. The van der Waals surface area contributed by atoms with Crippen LogP contribution in [0.25, 0.3) is 6.08 Å². The first-order chi connectivity index (χ1) is 8.27. The van der Waals surface area contributed by atoms with Gasteiger partial charge < -0.3 is 0 Å².